The fraction of sp³-hybridized carbons (Fsp3) is 0.364. The minimum Gasteiger partial charge on any atom is -0.506 e. The molecule has 86 valence electrons. The first-order valence-electron chi connectivity index (χ1n) is 5.02. The molecule has 0 aliphatic carbocycles. The van der Waals surface area contributed by atoms with Gasteiger partial charge in [-0.3, -0.25) is 0 Å². The fourth-order valence-electron chi connectivity index (χ4n) is 1.91. The molecule has 1 saturated heterocycles. The van der Waals surface area contributed by atoms with Crippen LogP contribution < -0.4 is 4.90 Å². The first-order chi connectivity index (χ1) is 7.53. The van der Waals surface area contributed by atoms with Crippen LogP contribution in [0.25, 0.3) is 0 Å². The van der Waals surface area contributed by atoms with E-state index >= 15 is 0 Å². The second kappa shape index (κ2) is 3.68. The van der Waals surface area contributed by atoms with E-state index in [1.54, 1.807) is 23.1 Å². The predicted molar refractivity (Wildman–Crippen MR) is 57.5 cm³/mol. The van der Waals surface area contributed by atoms with Crippen molar-refractivity contribution in [2.75, 3.05) is 18.0 Å². The van der Waals surface area contributed by atoms with Crippen LogP contribution in [0.1, 0.15) is 6.42 Å². The van der Waals surface area contributed by atoms with Crippen LogP contribution in [0.4, 0.5) is 5.69 Å². The van der Waals surface area contributed by atoms with Gasteiger partial charge in [0, 0.05) is 13.0 Å². The zero-order valence-corrected chi connectivity index (χ0v) is 8.63. The minimum absolute atomic E-state index is 0.0000926. The van der Waals surface area contributed by atoms with Gasteiger partial charge in [0.05, 0.1) is 12.2 Å². The Morgan fingerprint density at radius 3 is 2.62 bits per heavy atom. The summed E-state index contributed by atoms with van der Waals surface area (Å²) in [7, 11) is 0. The van der Waals surface area contributed by atoms with Crippen LogP contribution in [0.5, 0.6) is 5.75 Å². The number of aromatic hydroxyl groups is 1. The molecule has 5 nitrogen and oxygen atoms in total. The number of anilines is 1. The van der Waals surface area contributed by atoms with Crippen LogP contribution in [0.15, 0.2) is 24.3 Å². The van der Waals surface area contributed by atoms with Gasteiger partial charge in [-0.2, -0.15) is 0 Å². The number of phenolic OH excluding ortho intramolecular Hbond substituents is 1. The average Bonchev–Trinajstić information content (AvgIpc) is 2.63. The largest absolute Gasteiger partial charge is 0.506 e. The molecule has 1 atom stereocenters. The molecule has 0 bridgehead atoms. The SMILES string of the molecule is O=C(O)C1(O)CCN(c2ccccc2O)C1. The van der Waals surface area contributed by atoms with Gasteiger partial charge in [-0.15, -0.1) is 0 Å². The van der Waals surface area contributed by atoms with Crippen molar-refractivity contribution in [1.82, 2.24) is 0 Å². The van der Waals surface area contributed by atoms with Gasteiger partial charge in [0.2, 0.25) is 0 Å². The molecule has 1 fully saturated rings. The molecule has 1 aromatic rings. The summed E-state index contributed by atoms with van der Waals surface area (Å²) in [4.78, 5) is 12.5. The molecule has 1 unspecified atom stereocenters. The smallest absolute Gasteiger partial charge is 0.337 e. The Morgan fingerprint density at radius 1 is 1.38 bits per heavy atom. The second-order valence-corrected chi connectivity index (χ2v) is 4.00. The molecule has 1 aromatic carbocycles. The highest BCUT2D eigenvalue weighted by atomic mass is 16.4. The molecular formula is C11H13NO4. The van der Waals surface area contributed by atoms with Gasteiger partial charge in [-0.05, 0) is 12.1 Å². The Kier molecular flexibility index (Phi) is 2.47. The molecule has 0 aromatic heterocycles. The van der Waals surface area contributed by atoms with E-state index in [0.29, 0.717) is 12.2 Å². The summed E-state index contributed by atoms with van der Waals surface area (Å²) in [5.74, 6) is -1.12. The molecule has 16 heavy (non-hydrogen) atoms. The third kappa shape index (κ3) is 1.69. The molecule has 0 amide bonds. The Morgan fingerprint density at radius 2 is 2.06 bits per heavy atom. The maximum absolute atomic E-state index is 10.8. The van der Waals surface area contributed by atoms with Crippen molar-refractivity contribution < 1.29 is 20.1 Å². The van der Waals surface area contributed by atoms with Crippen molar-refractivity contribution in [3.63, 3.8) is 0 Å². The number of aliphatic hydroxyl groups is 1. The second-order valence-electron chi connectivity index (χ2n) is 4.00. The maximum Gasteiger partial charge on any atom is 0.337 e. The molecule has 2 rings (SSSR count). The number of carbonyl (C=O) groups is 1. The van der Waals surface area contributed by atoms with Crippen LogP contribution in [0.3, 0.4) is 0 Å². The normalized spacial score (nSPS) is 24.7. The van der Waals surface area contributed by atoms with Crippen molar-refractivity contribution in [3.8, 4) is 5.75 Å². The lowest BCUT2D eigenvalue weighted by Crippen LogP contribution is -2.41. The summed E-state index contributed by atoms with van der Waals surface area (Å²) in [6.07, 6.45) is 0.163. The summed E-state index contributed by atoms with van der Waals surface area (Å²) in [6.45, 7) is 0.417. The highest BCUT2D eigenvalue weighted by Gasteiger charge is 2.43. The Bertz CT molecular complexity index is 420. The molecule has 1 aliphatic heterocycles. The number of β-amino-alcohol motifs (C(OH)–C–C–N with tert-alkyl or cyclic N) is 1. The number of phenols is 1. The molecule has 0 spiro atoms. The summed E-state index contributed by atoms with van der Waals surface area (Å²) >= 11 is 0. The van der Waals surface area contributed by atoms with Crippen LogP contribution in [0, 0.1) is 0 Å². The molecule has 1 heterocycles. The summed E-state index contributed by atoms with van der Waals surface area (Å²) in [5, 5.41) is 28.2. The van der Waals surface area contributed by atoms with Crippen molar-refractivity contribution in [3.05, 3.63) is 24.3 Å². The number of hydrogen-bond donors (Lipinski definition) is 3. The lowest BCUT2D eigenvalue weighted by molar-refractivity contribution is -0.156. The van der Waals surface area contributed by atoms with E-state index in [1.807, 2.05) is 0 Å². The van der Waals surface area contributed by atoms with Crippen molar-refractivity contribution >= 4 is 11.7 Å². The van der Waals surface area contributed by atoms with Gasteiger partial charge in [0.15, 0.2) is 5.60 Å². The summed E-state index contributed by atoms with van der Waals surface area (Å²) < 4.78 is 0. The van der Waals surface area contributed by atoms with Crippen molar-refractivity contribution in [2.45, 2.75) is 12.0 Å². The number of para-hydroxylation sites is 2. The average molecular weight is 223 g/mol. The van der Waals surface area contributed by atoms with E-state index in [-0.39, 0.29) is 18.7 Å². The molecule has 1 aliphatic rings. The van der Waals surface area contributed by atoms with E-state index in [4.69, 9.17) is 5.11 Å². The number of carboxylic acid groups (broad SMARTS) is 1. The van der Waals surface area contributed by atoms with E-state index in [1.165, 1.54) is 6.07 Å². The van der Waals surface area contributed by atoms with Gasteiger partial charge < -0.3 is 20.2 Å². The van der Waals surface area contributed by atoms with Gasteiger partial charge in [0.1, 0.15) is 5.75 Å². The van der Waals surface area contributed by atoms with Gasteiger partial charge in [-0.1, -0.05) is 12.1 Å². The third-order valence-corrected chi connectivity index (χ3v) is 2.87. The van der Waals surface area contributed by atoms with Crippen LogP contribution in [-0.2, 0) is 4.79 Å². The van der Waals surface area contributed by atoms with Gasteiger partial charge in [-0.25, -0.2) is 4.79 Å². The highest BCUT2D eigenvalue weighted by molar-refractivity contribution is 5.79. The minimum atomic E-state index is -1.71. The van der Waals surface area contributed by atoms with Gasteiger partial charge in [0.25, 0.3) is 0 Å². The van der Waals surface area contributed by atoms with E-state index < -0.39 is 11.6 Å². The van der Waals surface area contributed by atoms with Crippen LogP contribution in [-0.4, -0.2) is 40.0 Å². The van der Waals surface area contributed by atoms with Crippen molar-refractivity contribution in [2.24, 2.45) is 0 Å². The summed E-state index contributed by atoms with van der Waals surface area (Å²) in [6, 6.07) is 6.68. The van der Waals surface area contributed by atoms with Crippen LogP contribution >= 0.6 is 0 Å². The highest BCUT2D eigenvalue weighted by Crippen LogP contribution is 2.32. The zero-order valence-electron chi connectivity index (χ0n) is 8.63. The number of carboxylic acids is 1. The first-order valence-corrected chi connectivity index (χ1v) is 5.02. The standard InChI is InChI=1S/C11H13NO4/c13-9-4-2-1-3-8(9)12-6-5-11(16,7-12)10(14)15/h1-4,13,16H,5-7H2,(H,14,15). The number of hydrogen-bond acceptors (Lipinski definition) is 4. The topological polar surface area (TPSA) is 81.0 Å². The summed E-state index contributed by atoms with van der Waals surface area (Å²) in [5.41, 5.74) is -1.15. The quantitative estimate of drug-likeness (QED) is 0.677. The number of nitrogens with zero attached hydrogens (tertiary/aromatic N) is 1. The maximum atomic E-state index is 10.8. The molecular weight excluding hydrogens is 210 g/mol. The molecule has 3 N–H and O–H groups in total. The fourth-order valence-corrected chi connectivity index (χ4v) is 1.91. The zero-order chi connectivity index (χ0) is 11.8. The molecule has 0 saturated carbocycles. The Balaban J connectivity index is 2.22. The van der Waals surface area contributed by atoms with Crippen LogP contribution in [0.2, 0.25) is 0 Å². The lowest BCUT2D eigenvalue weighted by Gasteiger charge is -2.21. The molecule has 5 heteroatoms. The van der Waals surface area contributed by atoms with Crippen molar-refractivity contribution in [1.29, 1.82) is 0 Å². The third-order valence-electron chi connectivity index (χ3n) is 2.87. The predicted octanol–water partition coefficient (Wildman–Crippen LogP) is 0.418. The number of benzene rings is 1. The Labute approximate surface area is 92.6 Å². The first kappa shape index (κ1) is 10.8. The lowest BCUT2D eigenvalue weighted by atomic mass is 10.0. The molecule has 0 radical (unpaired) electrons. The number of aliphatic carboxylic acids is 1. The van der Waals surface area contributed by atoms with E-state index in [0.717, 1.165) is 0 Å². The van der Waals surface area contributed by atoms with Gasteiger partial charge >= 0.3 is 5.97 Å². The van der Waals surface area contributed by atoms with E-state index in [9.17, 15) is 15.0 Å². The van der Waals surface area contributed by atoms with E-state index in [2.05, 4.69) is 0 Å². The number of rotatable bonds is 2. The Hall–Kier alpha value is -1.75. The monoisotopic (exact) mass is 223 g/mol.